The third-order valence-corrected chi connectivity index (χ3v) is 4.57. The van der Waals surface area contributed by atoms with Crippen molar-refractivity contribution >= 4 is 27.9 Å². The molecule has 4 nitrogen and oxygen atoms in total. The normalized spacial score (nSPS) is 20.1. The van der Waals surface area contributed by atoms with Crippen LogP contribution in [-0.4, -0.2) is 16.8 Å². The Kier molecular flexibility index (Phi) is 4.32. The molecule has 2 aromatic rings. The molecule has 1 aliphatic rings. The molecule has 1 atom stereocenters. The SMILES string of the molecule is CC1(c2ccc(F)cc2F)NC(=O)N(Cc2cc(Br)ccc2F)C1=O. The second kappa shape index (κ2) is 6.18. The van der Waals surface area contributed by atoms with Crippen molar-refractivity contribution in [2.75, 3.05) is 0 Å². The molecule has 1 unspecified atom stereocenters. The molecule has 3 rings (SSSR count). The first-order valence-electron chi connectivity index (χ1n) is 7.26. The third-order valence-electron chi connectivity index (χ3n) is 4.08. The van der Waals surface area contributed by atoms with Gasteiger partial charge in [-0.15, -0.1) is 0 Å². The summed E-state index contributed by atoms with van der Waals surface area (Å²) in [6, 6.07) is 6.10. The van der Waals surface area contributed by atoms with E-state index in [9.17, 15) is 22.8 Å². The Labute approximate surface area is 149 Å². The minimum atomic E-state index is -1.70. The van der Waals surface area contributed by atoms with Crippen molar-refractivity contribution in [2.24, 2.45) is 0 Å². The molecule has 8 heteroatoms. The van der Waals surface area contributed by atoms with Gasteiger partial charge >= 0.3 is 6.03 Å². The average molecular weight is 413 g/mol. The number of imide groups is 1. The number of halogens is 4. The fourth-order valence-corrected chi connectivity index (χ4v) is 3.16. The number of hydrogen-bond acceptors (Lipinski definition) is 2. The van der Waals surface area contributed by atoms with Crippen LogP contribution in [0.3, 0.4) is 0 Å². The summed E-state index contributed by atoms with van der Waals surface area (Å²) >= 11 is 3.20. The maximum Gasteiger partial charge on any atom is 0.325 e. The van der Waals surface area contributed by atoms with Crippen molar-refractivity contribution in [1.82, 2.24) is 10.2 Å². The van der Waals surface area contributed by atoms with Gasteiger partial charge in [-0.05, 0) is 31.2 Å². The minimum absolute atomic E-state index is 0.127. The lowest BCUT2D eigenvalue weighted by atomic mass is 9.91. The van der Waals surface area contributed by atoms with Crippen molar-refractivity contribution in [3.05, 3.63) is 69.4 Å². The Balaban J connectivity index is 1.95. The van der Waals surface area contributed by atoms with Gasteiger partial charge in [-0.2, -0.15) is 0 Å². The first-order chi connectivity index (χ1) is 11.7. The number of nitrogens with zero attached hydrogens (tertiary/aromatic N) is 1. The highest BCUT2D eigenvalue weighted by Crippen LogP contribution is 2.32. The Morgan fingerprint density at radius 3 is 2.48 bits per heavy atom. The zero-order valence-electron chi connectivity index (χ0n) is 12.9. The summed E-state index contributed by atoms with van der Waals surface area (Å²) in [5.41, 5.74) is -1.73. The van der Waals surface area contributed by atoms with Gasteiger partial charge in [0.05, 0.1) is 6.54 Å². The van der Waals surface area contributed by atoms with Gasteiger partial charge in [0.15, 0.2) is 0 Å². The van der Waals surface area contributed by atoms with Gasteiger partial charge in [0.1, 0.15) is 23.0 Å². The lowest BCUT2D eigenvalue weighted by Crippen LogP contribution is -2.41. The number of amides is 3. The summed E-state index contributed by atoms with van der Waals surface area (Å²) in [7, 11) is 0. The van der Waals surface area contributed by atoms with Crippen molar-refractivity contribution in [1.29, 1.82) is 0 Å². The largest absolute Gasteiger partial charge is 0.325 e. The van der Waals surface area contributed by atoms with Crippen LogP contribution < -0.4 is 5.32 Å². The quantitative estimate of drug-likeness (QED) is 0.778. The standard InChI is InChI=1S/C17H12BrF3N2O2/c1-17(12-4-3-11(19)7-14(12)21)15(24)23(16(25)22-17)8-9-6-10(18)2-5-13(9)20/h2-7H,8H2,1H3,(H,22,25). The van der Waals surface area contributed by atoms with E-state index in [1.165, 1.54) is 25.1 Å². The van der Waals surface area contributed by atoms with E-state index < -0.39 is 34.9 Å². The number of hydrogen-bond donors (Lipinski definition) is 1. The first-order valence-corrected chi connectivity index (χ1v) is 8.05. The molecular formula is C17H12BrF3N2O2. The summed E-state index contributed by atoms with van der Waals surface area (Å²) in [5.74, 6) is -3.07. The van der Waals surface area contributed by atoms with Gasteiger partial charge in [-0.3, -0.25) is 9.69 Å². The van der Waals surface area contributed by atoms with E-state index in [0.29, 0.717) is 10.5 Å². The summed E-state index contributed by atoms with van der Waals surface area (Å²) in [6.07, 6.45) is 0. The van der Waals surface area contributed by atoms with Crippen molar-refractivity contribution in [3.8, 4) is 0 Å². The third kappa shape index (κ3) is 3.02. The fraction of sp³-hybridized carbons (Fsp3) is 0.176. The van der Waals surface area contributed by atoms with E-state index in [1.807, 2.05) is 0 Å². The van der Waals surface area contributed by atoms with Crippen LogP contribution in [0.1, 0.15) is 18.1 Å². The number of urea groups is 1. The molecule has 1 aliphatic heterocycles. The smallest absolute Gasteiger partial charge is 0.319 e. The minimum Gasteiger partial charge on any atom is -0.319 e. The van der Waals surface area contributed by atoms with Gasteiger partial charge in [-0.25, -0.2) is 18.0 Å². The zero-order chi connectivity index (χ0) is 18.4. The number of carbonyl (C=O) groups is 2. The van der Waals surface area contributed by atoms with Crippen molar-refractivity contribution in [3.63, 3.8) is 0 Å². The molecule has 1 fully saturated rings. The van der Waals surface area contributed by atoms with Gasteiger partial charge < -0.3 is 5.32 Å². The maximum atomic E-state index is 14.1. The lowest BCUT2D eigenvalue weighted by Gasteiger charge is -2.23. The number of rotatable bonds is 3. The zero-order valence-corrected chi connectivity index (χ0v) is 14.5. The van der Waals surface area contributed by atoms with Crippen molar-refractivity contribution < 1.29 is 22.8 Å². The summed E-state index contributed by atoms with van der Waals surface area (Å²) < 4.78 is 41.7. The average Bonchev–Trinajstić information content (AvgIpc) is 2.74. The molecule has 0 saturated carbocycles. The highest BCUT2D eigenvalue weighted by atomic mass is 79.9. The molecule has 0 radical (unpaired) electrons. The summed E-state index contributed by atoms with van der Waals surface area (Å²) in [6.45, 7) is 1.01. The fourth-order valence-electron chi connectivity index (χ4n) is 2.75. The number of benzene rings is 2. The molecule has 0 aromatic heterocycles. The molecular weight excluding hydrogens is 401 g/mol. The Morgan fingerprint density at radius 1 is 1.08 bits per heavy atom. The van der Waals surface area contributed by atoms with E-state index in [2.05, 4.69) is 21.2 Å². The molecule has 1 N–H and O–H groups in total. The van der Waals surface area contributed by atoms with Gasteiger partial charge in [-0.1, -0.05) is 22.0 Å². The first kappa shape index (κ1) is 17.5. The van der Waals surface area contributed by atoms with Crippen LogP contribution in [0.4, 0.5) is 18.0 Å². The highest BCUT2D eigenvalue weighted by molar-refractivity contribution is 9.10. The molecule has 3 amide bonds. The van der Waals surface area contributed by atoms with Crippen LogP contribution in [0.15, 0.2) is 40.9 Å². The van der Waals surface area contributed by atoms with E-state index >= 15 is 0 Å². The maximum absolute atomic E-state index is 14.1. The predicted octanol–water partition coefficient (Wildman–Crippen LogP) is 3.83. The van der Waals surface area contributed by atoms with Crippen LogP contribution in [0.5, 0.6) is 0 Å². The Morgan fingerprint density at radius 2 is 1.80 bits per heavy atom. The molecule has 1 heterocycles. The predicted molar refractivity (Wildman–Crippen MR) is 86.9 cm³/mol. The van der Waals surface area contributed by atoms with E-state index in [-0.39, 0.29) is 17.7 Å². The Hall–Kier alpha value is -2.35. The van der Waals surface area contributed by atoms with E-state index in [1.54, 1.807) is 0 Å². The molecule has 1 saturated heterocycles. The topological polar surface area (TPSA) is 49.4 Å². The van der Waals surface area contributed by atoms with Crippen molar-refractivity contribution in [2.45, 2.75) is 19.0 Å². The molecule has 2 aromatic carbocycles. The highest BCUT2D eigenvalue weighted by Gasteiger charge is 2.50. The lowest BCUT2D eigenvalue weighted by molar-refractivity contribution is -0.131. The second-order valence-electron chi connectivity index (χ2n) is 5.81. The number of carbonyl (C=O) groups excluding carboxylic acids is 2. The molecule has 0 bridgehead atoms. The van der Waals surface area contributed by atoms with E-state index in [0.717, 1.165) is 17.0 Å². The van der Waals surface area contributed by atoms with Gasteiger partial charge in [0, 0.05) is 21.7 Å². The van der Waals surface area contributed by atoms with Crippen LogP contribution >= 0.6 is 15.9 Å². The Bertz CT molecular complexity index is 890. The van der Waals surface area contributed by atoms with Gasteiger partial charge in [0.25, 0.3) is 5.91 Å². The van der Waals surface area contributed by atoms with Crippen LogP contribution in [0.25, 0.3) is 0 Å². The summed E-state index contributed by atoms with van der Waals surface area (Å²) in [5, 5.41) is 2.40. The summed E-state index contributed by atoms with van der Waals surface area (Å²) in [4.78, 5) is 25.7. The molecule has 25 heavy (non-hydrogen) atoms. The number of nitrogens with one attached hydrogen (secondary N) is 1. The monoisotopic (exact) mass is 412 g/mol. The molecule has 130 valence electrons. The van der Waals surface area contributed by atoms with E-state index in [4.69, 9.17) is 0 Å². The molecule has 0 aliphatic carbocycles. The second-order valence-corrected chi connectivity index (χ2v) is 6.72. The van der Waals surface area contributed by atoms with Crippen LogP contribution in [0.2, 0.25) is 0 Å². The van der Waals surface area contributed by atoms with Crippen LogP contribution in [-0.2, 0) is 16.9 Å². The van der Waals surface area contributed by atoms with Gasteiger partial charge in [0.2, 0.25) is 0 Å². The van der Waals surface area contributed by atoms with Crippen LogP contribution in [0, 0.1) is 17.5 Å². The molecule has 0 spiro atoms.